The molecule has 1 saturated heterocycles. The van der Waals surface area contributed by atoms with Gasteiger partial charge in [0.2, 0.25) is 0 Å². The number of aromatic nitrogens is 1. The number of anilines is 1. The lowest BCUT2D eigenvalue weighted by atomic mass is 9.86. The highest BCUT2D eigenvalue weighted by atomic mass is 35.5. The van der Waals surface area contributed by atoms with Gasteiger partial charge in [-0.1, -0.05) is 17.7 Å². The van der Waals surface area contributed by atoms with Crippen molar-refractivity contribution in [3.05, 3.63) is 64.3 Å². The van der Waals surface area contributed by atoms with Gasteiger partial charge in [-0.2, -0.15) is 26.3 Å². The van der Waals surface area contributed by atoms with Crippen LogP contribution in [0, 0.1) is 5.92 Å². The number of nitrogens with zero attached hydrogens (tertiary/aromatic N) is 1. The predicted octanol–water partition coefficient (Wildman–Crippen LogP) is 7.03. The maximum Gasteiger partial charge on any atom is 0.416 e. The average Bonchev–Trinajstić information content (AvgIpc) is 3.33. The van der Waals surface area contributed by atoms with E-state index in [0.717, 1.165) is 16.5 Å². The van der Waals surface area contributed by atoms with Gasteiger partial charge in [0.15, 0.2) is 0 Å². The minimum Gasteiger partial charge on any atom is -0.378 e. The lowest BCUT2D eigenvalue weighted by Gasteiger charge is -2.36. The van der Waals surface area contributed by atoms with E-state index in [0.29, 0.717) is 30.2 Å². The lowest BCUT2D eigenvalue weighted by Crippen LogP contribution is -2.31. The number of nitrogens with one attached hydrogen (secondary N) is 1. The summed E-state index contributed by atoms with van der Waals surface area (Å²) in [6.45, 7) is 0.436. The monoisotopic (exact) mass is 460 g/mol. The van der Waals surface area contributed by atoms with Gasteiger partial charge in [-0.3, -0.25) is 0 Å². The van der Waals surface area contributed by atoms with Crippen LogP contribution in [0.4, 0.5) is 32.0 Å². The van der Waals surface area contributed by atoms with Crippen molar-refractivity contribution in [2.24, 2.45) is 5.92 Å². The van der Waals surface area contributed by atoms with E-state index < -0.39 is 29.5 Å². The Morgan fingerprint density at radius 1 is 0.968 bits per heavy atom. The predicted molar refractivity (Wildman–Crippen MR) is 103 cm³/mol. The van der Waals surface area contributed by atoms with Crippen molar-refractivity contribution in [3.63, 3.8) is 0 Å². The maximum atomic E-state index is 13.3. The van der Waals surface area contributed by atoms with Gasteiger partial charge in [0.1, 0.15) is 6.23 Å². The van der Waals surface area contributed by atoms with Crippen molar-refractivity contribution >= 4 is 28.2 Å². The first-order chi connectivity index (χ1) is 14.5. The third kappa shape index (κ3) is 3.34. The summed E-state index contributed by atoms with van der Waals surface area (Å²) < 4.78 is 87.5. The molecular formula is C21H15ClF6N2O. The largest absolute Gasteiger partial charge is 0.416 e. The van der Waals surface area contributed by atoms with Gasteiger partial charge in [0.25, 0.3) is 0 Å². The molecule has 1 N–H and O–H groups in total. The molecule has 164 valence electrons. The highest BCUT2D eigenvalue weighted by molar-refractivity contribution is 6.35. The zero-order chi connectivity index (χ0) is 22.1. The molecule has 3 nitrogen and oxygen atoms in total. The van der Waals surface area contributed by atoms with Crippen LogP contribution in [0.3, 0.4) is 0 Å². The molecule has 0 aliphatic carbocycles. The number of hydrogen-bond donors (Lipinski definition) is 1. The van der Waals surface area contributed by atoms with Crippen LogP contribution in [0.5, 0.6) is 0 Å². The van der Waals surface area contributed by atoms with Crippen molar-refractivity contribution in [3.8, 4) is 0 Å². The number of rotatable bonds is 2. The van der Waals surface area contributed by atoms with Crippen LogP contribution in [0.25, 0.3) is 10.9 Å². The maximum absolute atomic E-state index is 13.3. The number of fused-ring (bicyclic) bond motifs is 2. The van der Waals surface area contributed by atoms with Crippen LogP contribution in [-0.4, -0.2) is 11.2 Å². The van der Waals surface area contributed by atoms with Crippen molar-refractivity contribution in [1.82, 2.24) is 4.57 Å². The number of halogens is 7. The summed E-state index contributed by atoms with van der Waals surface area (Å²) in [6, 6.07) is 6.27. The van der Waals surface area contributed by atoms with Crippen LogP contribution >= 0.6 is 11.6 Å². The van der Waals surface area contributed by atoms with Gasteiger partial charge in [-0.25, -0.2) is 0 Å². The molecule has 1 fully saturated rings. The summed E-state index contributed by atoms with van der Waals surface area (Å²) in [5.74, 6) is -0.173. The Balaban J connectivity index is 1.64. The second kappa shape index (κ2) is 6.80. The quantitative estimate of drug-likeness (QED) is 0.415. The lowest BCUT2D eigenvalue weighted by molar-refractivity contribution is -0.143. The summed E-state index contributed by atoms with van der Waals surface area (Å²) in [5.41, 5.74) is -1.45. The first-order valence-electron chi connectivity index (χ1n) is 9.50. The Morgan fingerprint density at radius 2 is 1.65 bits per heavy atom. The second-order valence-corrected chi connectivity index (χ2v) is 8.16. The average molecular weight is 461 g/mol. The highest BCUT2D eigenvalue weighted by Gasteiger charge is 2.43. The molecule has 3 aromatic rings. The zero-order valence-corrected chi connectivity index (χ0v) is 16.4. The molecule has 0 spiro atoms. The molecule has 2 aliphatic heterocycles. The number of alkyl halides is 6. The number of ether oxygens (including phenoxy) is 1. The minimum atomic E-state index is -4.91. The van der Waals surface area contributed by atoms with Crippen LogP contribution in [0.1, 0.15) is 35.4 Å². The molecule has 2 aliphatic rings. The Kier molecular flexibility index (Phi) is 4.50. The number of benzene rings is 2. The fourth-order valence-electron chi connectivity index (χ4n) is 4.58. The van der Waals surface area contributed by atoms with E-state index in [1.807, 2.05) is 16.8 Å². The van der Waals surface area contributed by atoms with E-state index in [9.17, 15) is 26.3 Å². The Hall–Kier alpha value is -2.39. The Bertz CT molecular complexity index is 1140. The summed E-state index contributed by atoms with van der Waals surface area (Å²) in [4.78, 5) is 0. The minimum absolute atomic E-state index is 0.124. The SMILES string of the molecule is FC(F)(F)c1cc(N[C@H]2c3ccc(Cl)c4ccn(c34)[C@H]3OCC[C@@H]23)cc(C(F)(F)F)c1. The van der Waals surface area contributed by atoms with Gasteiger partial charge in [-0.05, 0) is 42.3 Å². The van der Waals surface area contributed by atoms with Crippen LogP contribution in [-0.2, 0) is 17.1 Å². The smallest absolute Gasteiger partial charge is 0.378 e. The van der Waals surface area contributed by atoms with E-state index in [1.54, 1.807) is 12.1 Å². The van der Waals surface area contributed by atoms with E-state index in [1.165, 1.54) is 0 Å². The van der Waals surface area contributed by atoms with Gasteiger partial charge < -0.3 is 14.6 Å². The van der Waals surface area contributed by atoms with E-state index in [2.05, 4.69) is 5.32 Å². The molecule has 3 atom stereocenters. The first-order valence-corrected chi connectivity index (χ1v) is 9.88. The molecule has 2 aromatic carbocycles. The van der Waals surface area contributed by atoms with Gasteiger partial charge in [-0.15, -0.1) is 0 Å². The molecule has 5 rings (SSSR count). The van der Waals surface area contributed by atoms with Crippen molar-refractivity contribution in [2.75, 3.05) is 11.9 Å². The first kappa shape index (κ1) is 20.5. The molecule has 0 bridgehead atoms. The summed E-state index contributed by atoms with van der Waals surface area (Å²) >= 11 is 6.29. The molecule has 0 unspecified atom stereocenters. The second-order valence-electron chi connectivity index (χ2n) is 7.75. The third-order valence-electron chi connectivity index (χ3n) is 5.91. The molecule has 31 heavy (non-hydrogen) atoms. The molecule has 0 saturated carbocycles. The molecular weight excluding hydrogens is 446 g/mol. The highest BCUT2D eigenvalue weighted by Crippen LogP contribution is 2.50. The van der Waals surface area contributed by atoms with Crippen LogP contribution < -0.4 is 5.32 Å². The Labute approximate surface area is 177 Å². The molecule has 3 heterocycles. The van der Waals surface area contributed by atoms with Crippen molar-refractivity contribution in [2.45, 2.75) is 31.0 Å². The normalized spacial score (nSPS) is 23.3. The van der Waals surface area contributed by atoms with E-state index in [-0.39, 0.29) is 23.9 Å². The zero-order valence-electron chi connectivity index (χ0n) is 15.7. The Morgan fingerprint density at radius 3 is 2.29 bits per heavy atom. The van der Waals surface area contributed by atoms with Crippen LogP contribution in [0.2, 0.25) is 5.02 Å². The standard InChI is InChI=1S/C21H15ClF6N2O/c22-16-2-1-14-17(15-4-6-31-19(15)30-5-3-13(16)18(14)30)29-12-8-10(20(23,24)25)7-11(9-12)21(26,27)28/h1-3,5,7-9,15,17,19,29H,4,6H2/t15-,17-,19-/m0/s1. The summed E-state index contributed by atoms with van der Waals surface area (Å²) in [5, 5.41) is 4.21. The topological polar surface area (TPSA) is 26.2 Å². The summed E-state index contributed by atoms with van der Waals surface area (Å²) in [6.07, 6.45) is -7.76. The molecule has 0 radical (unpaired) electrons. The van der Waals surface area contributed by atoms with E-state index >= 15 is 0 Å². The molecule has 1 aromatic heterocycles. The molecule has 0 amide bonds. The van der Waals surface area contributed by atoms with Gasteiger partial charge >= 0.3 is 12.4 Å². The van der Waals surface area contributed by atoms with Crippen molar-refractivity contribution in [1.29, 1.82) is 0 Å². The summed E-state index contributed by atoms with van der Waals surface area (Å²) in [7, 11) is 0. The third-order valence-corrected chi connectivity index (χ3v) is 6.24. The van der Waals surface area contributed by atoms with E-state index in [4.69, 9.17) is 16.3 Å². The fraction of sp³-hybridized carbons (Fsp3) is 0.333. The fourth-order valence-corrected chi connectivity index (χ4v) is 4.80. The van der Waals surface area contributed by atoms with Gasteiger partial charge in [0, 0.05) is 34.8 Å². The number of hydrogen-bond acceptors (Lipinski definition) is 2. The molecule has 10 heteroatoms. The van der Waals surface area contributed by atoms with Gasteiger partial charge in [0.05, 0.1) is 22.7 Å². The van der Waals surface area contributed by atoms with Crippen molar-refractivity contribution < 1.29 is 31.1 Å². The van der Waals surface area contributed by atoms with Crippen LogP contribution in [0.15, 0.2) is 42.6 Å².